The molecule has 0 aliphatic rings. The van der Waals surface area contributed by atoms with Crippen LogP contribution in [0.4, 0.5) is 4.39 Å². The summed E-state index contributed by atoms with van der Waals surface area (Å²) in [5.41, 5.74) is 1.10. The summed E-state index contributed by atoms with van der Waals surface area (Å²) in [5, 5.41) is 0. The molecule has 0 spiro atoms. The van der Waals surface area contributed by atoms with Crippen LogP contribution in [0.1, 0.15) is 5.69 Å². The summed E-state index contributed by atoms with van der Waals surface area (Å²) < 4.78 is 13.7. The van der Waals surface area contributed by atoms with Gasteiger partial charge in [-0.1, -0.05) is 6.07 Å². The summed E-state index contributed by atoms with van der Waals surface area (Å²) in [6, 6.07) is 5.82. The number of hydrogen-bond donors (Lipinski definition) is 0. The van der Waals surface area contributed by atoms with Crippen LogP contribution in [-0.4, -0.2) is 6.67 Å². The lowest BCUT2D eigenvalue weighted by Crippen LogP contribution is -3.00. The predicted molar refractivity (Wildman–Crippen MR) is 37.3 cm³/mol. The normalized spacial score (nSPS) is 8.91. The average molecular weight is 176 g/mol. The van der Waals surface area contributed by atoms with Gasteiger partial charge in [-0.15, -0.1) is 0 Å². The quantitative estimate of drug-likeness (QED) is 0.470. The maximum absolute atomic E-state index is 11.8. The van der Waals surface area contributed by atoms with Gasteiger partial charge in [-0.3, -0.25) is 0 Å². The molecule has 0 N–H and O–H groups in total. The molecule has 0 amide bonds. The Morgan fingerprint density at radius 1 is 1.45 bits per heavy atom. The molecule has 0 aliphatic heterocycles. The number of aromatic nitrogens is 1. The van der Waals surface area contributed by atoms with Crippen LogP contribution in [0.25, 0.3) is 0 Å². The van der Waals surface area contributed by atoms with E-state index in [1.54, 1.807) is 0 Å². The van der Waals surface area contributed by atoms with Gasteiger partial charge >= 0.3 is 0 Å². The topological polar surface area (TPSA) is 3.88 Å². The Balaban J connectivity index is 0.000001000. The van der Waals surface area contributed by atoms with E-state index in [9.17, 15) is 4.39 Å². The van der Waals surface area contributed by atoms with E-state index in [1.807, 2.05) is 35.9 Å². The van der Waals surface area contributed by atoms with E-state index in [4.69, 9.17) is 0 Å². The molecule has 1 aromatic rings. The monoisotopic (exact) mass is 175 g/mol. The highest BCUT2D eigenvalue weighted by molar-refractivity contribution is 4.93. The van der Waals surface area contributed by atoms with Crippen LogP contribution < -0.4 is 17.0 Å². The molecule has 0 aromatic carbocycles. The molecule has 0 atom stereocenters. The lowest BCUT2D eigenvalue weighted by atomic mass is 10.3. The standard InChI is InChI=1S/C8H11FN.ClH/c1-8-4-2-3-6-10(8)7-5-9;/h2-4,6H,5,7H2,1H3;1H/q+1;/p-1. The van der Waals surface area contributed by atoms with Crippen molar-refractivity contribution >= 4 is 0 Å². The lowest BCUT2D eigenvalue weighted by Gasteiger charge is -1.94. The zero-order valence-corrected chi connectivity index (χ0v) is 7.18. The van der Waals surface area contributed by atoms with Crippen molar-refractivity contribution in [2.45, 2.75) is 13.5 Å². The van der Waals surface area contributed by atoms with Crippen LogP contribution in [0.2, 0.25) is 0 Å². The van der Waals surface area contributed by atoms with E-state index >= 15 is 0 Å². The fourth-order valence-corrected chi connectivity index (χ4v) is 0.904. The van der Waals surface area contributed by atoms with Crippen molar-refractivity contribution in [2.24, 2.45) is 0 Å². The summed E-state index contributed by atoms with van der Waals surface area (Å²) >= 11 is 0. The number of aryl methyl sites for hydroxylation is 2. The molecule has 0 saturated heterocycles. The highest BCUT2D eigenvalue weighted by Gasteiger charge is 2.01. The van der Waals surface area contributed by atoms with Crippen LogP contribution >= 0.6 is 0 Å². The van der Waals surface area contributed by atoms with E-state index in [-0.39, 0.29) is 19.1 Å². The molecule has 1 aromatic heterocycles. The summed E-state index contributed by atoms with van der Waals surface area (Å²) in [6.45, 7) is 2.14. The second kappa shape index (κ2) is 5.08. The second-order valence-electron chi connectivity index (χ2n) is 2.22. The van der Waals surface area contributed by atoms with Gasteiger partial charge in [-0.05, 0) is 0 Å². The van der Waals surface area contributed by atoms with Crippen molar-refractivity contribution in [1.82, 2.24) is 0 Å². The third kappa shape index (κ3) is 2.85. The van der Waals surface area contributed by atoms with Gasteiger partial charge in [0.15, 0.2) is 18.4 Å². The molecule has 1 nitrogen and oxygen atoms in total. The molecule has 0 aliphatic carbocycles. The van der Waals surface area contributed by atoms with Crippen LogP contribution in [-0.2, 0) is 6.54 Å². The first-order valence-electron chi connectivity index (χ1n) is 3.35. The van der Waals surface area contributed by atoms with Gasteiger partial charge in [0, 0.05) is 19.1 Å². The van der Waals surface area contributed by atoms with Gasteiger partial charge in [0.1, 0.15) is 6.67 Å². The molecule has 1 heterocycles. The van der Waals surface area contributed by atoms with E-state index in [0.29, 0.717) is 6.54 Å². The van der Waals surface area contributed by atoms with Crippen molar-refractivity contribution in [1.29, 1.82) is 0 Å². The highest BCUT2D eigenvalue weighted by Crippen LogP contribution is 1.86. The molecule has 0 bridgehead atoms. The van der Waals surface area contributed by atoms with Crippen molar-refractivity contribution in [3.05, 3.63) is 30.1 Å². The predicted octanol–water partition coefficient (Wildman–Crippen LogP) is -1.74. The Hall–Kier alpha value is -0.630. The minimum absolute atomic E-state index is 0. The Labute approximate surface area is 72.3 Å². The van der Waals surface area contributed by atoms with Crippen molar-refractivity contribution < 1.29 is 21.4 Å². The van der Waals surface area contributed by atoms with Crippen molar-refractivity contribution in [3.63, 3.8) is 0 Å². The smallest absolute Gasteiger partial charge is 0.178 e. The highest BCUT2D eigenvalue weighted by atomic mass is 35.5. The first kappa shape index (κ1) is 10.4. The summed E-state index contributed by atoms with van der Waals surface area (Å²) in [7, 11) is 0. The zero-order chi connectivity index (χ0) is 7.40. The SMILES string of the molecule is Cc1cccc[n+]1CCF.[Cl-]. The maximum Gasteiger partial charge on any atom is 0.178 e. The molecule has 62 valence electrons. The number of pyridine rings is 1. The summed E-state index contributed by atoms with van der Waals surface area (Å²) in [4.78, 5) is 0. The van der Waals surface area contributed by atoms with Crippen LogP contribution in [0, 0.1) is 6.92 Å². The second-order valence-corrected chi connectivity index (χ2v) is 2.22. The molecule has 11 heavy (non-hydrogen) atoms. The van der Waals surface area contributed by atoms with Gasteiger partial charge in [0.05, 0.1) is 0 Å². The van der Waals surface area contributed by atoms with Crippen LogP contribution in [0.5, 0.6) is 0 Å². The van der Waals surface area contributed by atoms with Crippen molar-refractivity contribution in [2.75, 3.05) is 6.67 Å². The number of hydrogen-bond acceptors (Lipinski definition) is 0. The number of rotatable bonds is 2. The van der Waals surface area contributed by atoms with E-state index < -0.39 is 0 Å². The van der Waals surface area contributed by atoms with E-state index in [1.165, 1.54) is 0 Å². The molecule has 0 radical (unpaired) electrons. The summed E-state index contributed by atoms with van der Waals surface area (Å²) in [6.07, 6.45) is 1.88. The Morgan fingerprint density at radius 3 is 2.73 bits per heavy atom. The van der Waals surface area contributed by atoms with E-state index in [0.717, 1.165) is 5.69 Å². The van der Waals surface area contributed by atoms with Gasteiger partial charge < -0.3 is 12.4 Å². The molecule has 0 unspecified atom stereocenters. The fourth-order valence-electron chi connectivity index (χ4n) is 0.904. The van der Waals surface area contributed by atoms with Gasteiger partial charge in [0.2, 0.25) is 0 Å². The van der Waals surface area contributed by atoms with Crippen molar-refractivity contribution in [3.8, 4) is 0 Å². The van der Waals surface area contributed by atoms with Crippen LogP contribution in [0.15, 0.2) is 24.4 Å². The minimum atomic E-state index is -0.296. The first-order valence-corrected chi connectivity index (χ1v) is 3.35. The molecular weight excluding hydrogens is 165 g/mol. The number of halogens is 2. The van der Waals surface area contributed by atoms with Gasteiger partial charge in [-0.2, -0.15) is 4.57 Å². The van der Waals surface area contributed by atoms with E-state index in [2.05, 4.69) is 0 Å². The molecule has 0 saturated carbocycles. The average Bonchev–Trinajstić information content (AvgIpc) is 1.94. The molecule has 3 heteroatoms. The fraction of sp³-hybridized carbons (Fsp3) is 0.375. The zero-order valence-electron chi connectivity index (χ0n) is 6.43. The Morgan fingerprint density at radius 2 is 2.18 bits per heavy atom. The van der Waals surface area contributed by atoms with Crippen LogP contribution in [0.3, 0.4) is 0 Å². The Bertz CT molecular complexity index is 215. The third-order valence-corrected chi connectivity index (χ3v) is 1.49. The maximum atomic E-state index is 11.8. The van der Waals surface area contributed by atoms with Gasteiger partial charge in [0.25, 0.3) is 0 Å². The summed E-state index contributed by atoms with van der Waals surface area (Å²) in [5.74, 6) is 0. The lowest BCUT2D eigenvalue weighted by molar-refractivity contribution is -0.702. The Kier molecular flexibility index (Phi) is 4.79. The molecule has 1 rings (SSSR count). The largest absolute Gasteiger partial charge is 1.00 e. The minimum Gasteiger partial charge on any atom is -1.00 e. The number of nitrogens with zero attached hydrogens (tertiary/aromatic N) is 1. The first-order chi connectivity index (χ1) is 4.84. The third-order valence-electron chi connectivity index (χ3n) is 1.49. The number of alkyl halides is 1. The molecule has 0 fully saturated rings. The molecular formula is C8H11ClFN. The van der Waals surface area contributed by atoms with Gasteiger partial charge in [-0.25, -0.2) is 4.39 Å².